The first kappa shape index (κ1) is 16.9. The molecule has 0 aliphatic carbocycles. The lowest BCUT2D eigenvalue weighted by Gasteiger charge is -2.24. The number of benzene rings is 1. The maximum Gasteiger partial charge on any atom is 0.286 e. The second-order valence-corrected chi connectivity index (χ2v) is 6.72. The van der Waals surface area contributed by atoms with Crippen LogP contribution in [0, 0.1) is 6.92 Å². The third kappa shape index (κ3) is 3.68. The van der Waals surface area contributed by atoms with Crippen molar-refractivity contribution in [3.63, 3.8) is 0 Å². The summed E-state index contributed by atoms with van der Waals surface area (Å²) in [4.78, 5) is 8.78. The molecular weight excluding hydrogens is 352 g/mol. The number of hydrogen-bond donors (Lipinski definition) is 2. The zero-order valence-corrected chi connectivity index (χ0v) is 15.1. The Morgan fingerprint density at radius 1 is 1.15 bits per heavy atom. The van der Waals surface area contributed by atoms with Crippen LogP contribution in [0.2, 0.25) is 5.02 Å². The minimum absolute atomic E-state index is 0.293. The van der Waals surface area contributed by atoms with Crippen LogP contribution in [0.15, 0.2) is 34.9 Å². The van der Waals surface area contributed by atoms with Crippen molar-refractivity contribution >= 4 is 17.4 Å². The van der Waals surface area contributed by atoms with Gasteiger partial charge in [-0.25, -0.2) is 9.97 Å². The topological polar surface area (TPSA) is 88.8 Å². The summed E-state index contributed by atoms with van der Waals surface area (Å²) in [6.45, 7) is 3.97. The molecular formula is C18H19ClN6O. The van der Waals surface area contributed by atoms with E-state index in [9.17, 15) is 0 Å². The van der Waals surface area contributed by atoms with Crippen molar-refractivity contribution in [2.24, 2.45) is 0 Å². The lowest BCUT2D eigenvalue weighted by atomic mass is 10.1. The molecule has 0 radical (unpaired) electrons. The standard InChI is InChI=1S/C18H19ClN6O/c1-11-10-12(2-3-14(11)19)17-24-25-18(26-17)16-21-9-6-15(23-16)22-13-4-7-20-8-5-13/h2-3,6,9-10,13,20H,4-5,7-8H2,1H3,(H,21,22,23). The summed E-state index contributed by atoms with van der Waals surface area (Å²) < 4.78 is 5.77. The molecule has 26 heavy (non-hydrogen) atoms. The van der Waals surface area contributed by atoms with E-state index in [0.717, 1.165) is 42.9 Å². The molecule has 0 bridgehead atoms. The average molecular weight is 371 g/mol. The molecule has 8 heteroatoms. The largest absolute Gasteiger partial charge is 0.413 e. The smallest absolute Gasteiger partial charge is 0.286 e. The number of halogens is 1. The molecule has 1 fully saturated rings. The molecule has 3 heterocycles. The van der Waals surface area contributed by atoms with Crippen molar-refractivity contribution in [2.45, 2.75) is 25.8 Å². The van der Waals surface area contributed by atoms with Gasteiger partial charge in [0.25, 0.3) is 5.89 Å². The van der Waals surface area contributed by atoms with Gasteiger partial charge in [0, 0.05) is 22.8 Å². The number of aromatic nitrogens is 4. The number of rotatable bonds is 4. The summed E-state index contributed by atoms with van der Waals surface area (Å²) >= 11 is 6.07. The van der Waals surface area contributed by atoms with E-state index in [1.807, 2.05) is 31.2 Å². The zero-order valence-electron chi connectivity index (χ0n) is 14.4. The predicted octanol–water partition coefficient (Wildman–Crippen LogP) is 3.32. The van der Waals surface area contributed by atoms with Gasteiger partial charge in [0.1, 0.15) is 5.82 Å². The summed E-state index contributed by atoms with van der Waals surface area (Å²) in [5, 5.41) is 15.7. The van der Waals surface area contributed by atoms with Gasteiger partial charge < -0.3 is 15.1 Å². The number of piperidine rings is 1. The van der Waals surface area contributed by atoms with Gasteiger partial charge in [-0.15, -0.1) is 10.2 Å². The van der Waals surface area contributed by atoms with Crippen LogP contribution < -0.4 is 10.6 Å². The van der Waals surface area contributed by atoms with Crippen molar-refractivity contribution in [2.75, 3.05) is 18.4 Å². The van der Waals surface area contributed by atoms with E-state index >= 15 is 0 Å². The lowest BCUT2D eigenvalue weighted by Crippen LogP contribution is -2.35. The second-order valence-electron chi connectivity index (χ2n) is 6.31. The van der Waals surface area contributed by atoms with E-state index in [0.29, 0.717) is 28.7 Å². The minimum atomic E-state index is 0.293. The van der Waals surface area contributed by atoms with Gasteiger partial charge in [-0.3, -0.25) is 0 Å². The van der Waals surface area contributed by atoms with Crippen molar-refractivity contribution in [3.05, 3.63) is 41.0 Å². The Labute approximate surface area is 156 Å². The molecule has 0 saturated carbocycles. The van der Waals surface area contributed by atoms with E-state index in [1.54, 1.807) is 6.20 Å². The summed E-state index contributed by atoms with van der Waals surface area (Å²) in [6, 6.07) is 7.84. The van der Waals surface area contributed by atoms with Gasteiger partial charge in [0.15, 0.2) is 0 Å². The fourth-order valence-corrected chi connectivity index (χ4v) is 3.04. The lowest BCUT2D eigenvalue weighted by molar-refractivity contribution is 0.478. The molecule has 1 aliphatic heterocycles. The molecule has 0 spiro atoms. The van der Waals surface area contributed by atoms with Crippen LogP contribution in [0.3, 0.4) is 0 Å². The van der Waals surface area contributed by atoms with E-state index in [1.165, 1.54) is 0 Å². The molecule has 7 nitrogen and oxygen atoms in total. The predicted molar refractivity (Wildman–Crippen MR) is 100 cm³/mol. The zero-order chi connectivity index (χ0) is 17.9. The number of nitrogens with one attached hydrogen (secondary N) is 2. The highest BCUT2D eigenvalue weighted by Crippen LogP contribution is 2.26. The van der Waals surface area contributed by atoms with Crippen LogP contribution in [0.1, 0.15) is 18.4 Å². The fourth-order valence-electron chi connectivity index (χ4n) is 2.93. The molecule has 0 amide bonds. The van der Waals surface area contributed by atoms with Gasteiger partial charge in [0.05, 0.1) is 0 Å². The SMILES string of the molecule is Cc1cc(-c2nnc(-c3nccc(NC4CCNCC4)n3)o2)ccc1Cl. The van der Waals surface area contributed by atoms with Gasteiger partial charge in [0.2, 0.25) is 11.7 Å². The van der Waals surface area contributed by atoms with E-state index in [4.69, 9.17) is 16.0 Å². The second kappa shape index (κ2) is 7.39. The van der Waals surface area contributed by atoms with Crippen molar-refractivity contribution in [1.82, 2.24) is 25.5 Å². The molecule has 0 unspecified atom stereocenters. The van der Waals surface area contributed by atoms with E-state index < -0.39 is 0 Å². The number of anilines is 1. The Morgan fingerprint density at radius 3 is 2.77 bits per heavy atom. The Balaban J connectivity index is 1.55. The van der Waals surface area contributed by atoms with Crippen LogP contribution in [0.4, 0.5) is 5.82 Å². The van der Waals surface area contributed by atoms with Crippen molar-refractivity contribution in [1.29, 1.82) is 0 Å². The minimum Gasteiger partial charge on any atom is -0.413 e. The number of hydrogen-bond acceptors (Lipinski definition) is 7. The molecule has 1 aliphatic rings. The molecule has 2 aromatic heterocycles. The van der Waals surface area contributed by atoms with E-state index in [2.05, 4.69) is 30.8 Å². The summed E-state index contributed by atoms with van der Waals surface area (Å²) in [7, 11) is 0. The van der Waals surface area contributed by atoms with Gasteiger partial charge in [-0.1, -0.05) is 11.6 Å². The number of nitrogens with zero attached hydrogens (tertiary/aromatic N) is 4. The highest BCUT2D eigenvalue weighted by molar-refractivity contribution is 6.31. The van der Waals surface area contributed by atoms with Crippen LogP contribution in [0.25, 0.3) is 23.2 Å². The van der Waals surface area contributed by atoms with Gasteiger partial charge >= 0.3 is 0 Å². The first-order valence-corrected chi connectivity index (χ1v) is 8.97. The monoisotopic (exact) mass is 370 g/mol. The normalized spacial score (nSPS) is 15.2. The molecule has 2 N–H and O–H groups in total. The third-order valence-corrected chi connectivity index (χ3v) is 4.79. The highest BCUT2D eigenvalue weighted by atomic mass is 35.5. The van der Waals surface area contributed by atoms with Crippen LogP contribution >= 0.6 is 11.6 Å². The number of aryl methyl sites for hydroxylation is 1. The first-order valence-electron chi connectivity index (χ1n) is 8.60. The molecule has 1 saturated heterocycles. The Bertz CT molecular complexity index is 906. The summed E-state index contributed by atoms with van der Waals surface area (Å²) in [6.07, 6.45) is 3.84. The Kier molecular flexibility index (Phi) is 4.81. The summed E-state index contributed by atoms with van der Waals surface area (Å²) in [5.41, 5.74) is 1.77. The molecule has 3 aromatic rings. The fraction of sp³-hybridized carbons (Fsp3) is 0.333. The average Bonchev–Trinajstić information content (AvgIpc) is 3.15. The Hall–Kier alpha value is -2.51. The van der Waals surface area contributed by atoms with Crippen molar-refractivity contribution < 1.29 is 4.42 Å². The molecule has 0 atom stereocenters. The van der Waals surface area contributed by atoms with Crippen LogP contribution in [0.5, 0.6) is 0 Å². The van der Waals surface area contributed by atoms with Gasteiger partial charge in [-0.2, -0.15) is 0 Å². The quantitative estimate of drug-likeness (QED) is 0.728. The summed E-state index contributed by atoms with van der Waals surface area (Å²) in [5.74, 6) is 1.89. The molecule has 134 valence electrons. The molecule has 1 aromatic carbocycles. The first-order chi connectivity index (χ1) is 12.7. The van der Waals surface area contributed by atoms with E-state index in [-0.39, 0.29) is 0 Å². The molecule has 4 rings (SSSR count). The third-order valence-electron chi connectivity index (χ3n) is 4.37. The maximum atomic E-state index is 6.07. The van der Waals surface area contributed by atoms with Crippen molar-refractivity contribution in [3.8, 4) is 23.2 Å². The van der Waals surface area contributed by atoms with Crippen LogP contribution in [-0.2, 0) is 0 Å². The van der Waals surface area contributed by atoms with Crippen LogP contribution in [-0.4, -0.2) is 39.3 Å². The Morgan fingerprint density at radius 2 is 1.96 bits per heavy atom. The highest BCUT2D eigenvalue weighted by Gasteiger charge is 2.16. The maximum absolute atomic E-state index is 6.07. The van der Waals surface area contributed by atoms with Gasteiger partial charge in [-0.05, 0) is 62.7 Å².